The average Bonchev–Trinajstić information content (AvgIpc) is 2.31. The average molecular weight is 202 g/mol. The normalized spacial score (nSPS) is 11.3. The van der Waals surface area contributed by atoms with Crippen LogP contribution in [-0.4, -0.2) is 15.5 Å². The van der Waals surface area contributed by atoms with Gasteiger partial charge in [0, 0.05) is 0 Å². The van der Waals surface area contributed by atoms with E-state index in [0.717, 1.165) is 11.3 Å². The van der Waals surface area contributed by atoms with Crippen LogP contribution in [0.4, 0.5) is 5.00 Å². The van der Waals surface area contributed by atoms with Crippen LogP contribution >= 0.6 is 11.3 Å². The molecule has 0 aliphatic heterocycles. The van der Waals surface area contributed by atoms with Gasteiger partial charge in [-0.25, -0.2) is 4.98 Å². The molecule has 1 heterocycles. The number of nitro groups is 1. The van der Waals surface area contributed by atoms with E-state index in [-0.39, 0.29) is 10.6 Å². The molecule has 0 saturated carbocycles. The second-order valence-electron chi connectivity index (χ2n) is 3.44. The largest absolute Gasteiger partial charge is 0.464 e. The molecule has 0 fully saturated rings. The van der Waals surface area contributed by atoms with Crippen molar-refractivity contribution in [3.8, 4) is 5.19 Å². The monoisotopic (exact) mass is 202 g/mol. The SMILES string of the molecule is CC(C)(C)Oc1ncc([N+](=O)[O-])s1. The lowest BCUT2D eigenvalue weighted by Gasteiger charge is -2.17. The second kappa shape index (κ2) is 3.29. The maximum absolute atomic E-state index is 10.3. The van der Waals surface area contributed by atoms with Crippen LogP contribution in [0.3, 0.4) is 0 Å². The maximum atomic E-state index is 10.3. The summed E-state index contributed by atoms with van der Waals surface area (Å²) in [6.45, 7) is 5.58. The van der Waals surface area contributed by atoms with E-state index in [1.165, 1.54) is 6.20 Å². The van der Waals surface area contributed by atoms with Crippen LogP contribution < -0.4 is 4.74 Å². The summed E-state index contributed by atoms with van der Waals surface area (Å²) in [5.41, 5.74) is -0.369. The molecular weight excluding hydrogens is 192 g/mol. The molecular formula is C7H10N2O3S. The molecule has 0 N–H and O–H groups in total. The summed E-state index contributed by atoms with van der Waals surface area (Å²) in [5.74, 6) is 0. The van der Waals surface area contributed by atoms with Crippen molar-refractivity contribution in [2.45, 2.75) is 26.4 Å². The van der Waals surface area contributed by atoms with Crippen molar-refractivity contribution in [3.05, 3.63) is 16.3 Å². The molecule has 6 heteroatoms. The number of thiazole rings is 1. The van der Waals surface area contributed by atoms with Crippen molar-refractivity contribution >= 4 is 16.3 Å². The van der Waals surface area contributed by atoms with E-state index in [9.17, 15) is 10.1 Å². The van der Waals surface area contributed by atoms with Crippen molar-refractivity contribution in [1.82, 2.24) is 4.98 Å². The van der Waals surface area contributed by atoms with Crippen molar-refractivity contribution in [2.75, 3.05) is 0 Å². The third kappa shape index (κ3) is 2.98. The lowest BCUT2D eigenvalue weighted by Crippen LogP contribution is -2.22. The van der Waals surface area contributed by atoms with Gasteiger partial charge in [-0.1, -0.05) is 0 Å². The lowest BCUT2D eigenvalue weighted by atomic mass is 10.2. The zero-order valence-corrected chi connectivity index (χ0v) is 8.42. The predicted octanol–water partition coefficient (Wildman–Crippen LogP) is 2.23. The highest BCUT2D eigenvalue weighted by atomic mass is 32.1. The van der Waals surface area contributed by atoms with E-state index in [2.05, 4.69) is 4.98 Å². The smallest absolute Gasteiger partial charge is 0.347 e. The van der Waals surface area contributed by atoms with Crippen LogP contribution in [0.1, 0.15) is 20.8 Å². The molecule has 0 bridgehead atoms. The molecule has 0 spiro atoms. The van der Waals surface area contributed by atoms with Crippen molar-refractivity contribution in [2.24, 2.45) is 0 Å². The van der Waals surface area contributed by atoms with Crippen molar-refractivity contribution in [1.29, 1.82) is 0 Å². The molecule has 0 aromatic carbocycles. The van der Waals surface area contributed by atoms with Gasteiger partial charge in [-0.15, -0.1) is 0 Å². The summed E-state index contributed by atoms with van der Waals surface area (Å²) < 4.78 is 5.34. The number of ether oxygens (including phenoxy) is 1. The first-order valence-corrected chi connectivity index (χ1v) is 4.49. The minimum Gasteiger partial charge on any atom is -0.464 e. The summed E-state index contributed by atoms with van der Waals surface area (Å²) in [4.78, 5) is 13.6. The molecule has 0 aliphatic carbocycles. The van der Waals surface area contributed by atoms with Crippen LogP contribution in [0.25, 0.3) is 0 Å². The van der Waals surface area contributed by atoms with Crippen LogP contribution in [0, 0.1) is 10.1 Å². The second-order valence-corrected chi connectivity index (χ2v) is 4.41. The first-order chi connectivity index (χ1) is 5.88. The molecule has 0 amide bonds. The van der Waals surface area contributed by atoms with Gasteiger partial charge in [-0.05, 0) is 32.1 Å². The third-order valence-electron chi connectivity index (χ3n) is 1.05. The van der Waals surface area contributed by atoms with Crippen molar-refractivity contribution < 1.29 is 9.66 Å². The molecule has 0 saturated heterocycles. The van der Waals surface area contributed by atoms with E-state index in [0.29, 0.717) is 5.19 Å². The molecule has 13 heavy (non-hydrogen) atoms. The number of aromatic nitrogens is 1. The minimum absolute atomic E-state index is 0.000694. The third-order valence-corrected chi connectivity index (χ3v) is 1.87. The van der Waals surface area contributed by atoms with E-state index in [1.54, 1.807) is 0 Å². The first-order valence-electron chi connectivity index (χ1n) is 3.68. The Kier molecular flexibility index (Phi) is 2.51. The number of hydrogen-bond acceptors (Lipinski definition) is 5. The van der Waals surface area contributed by atoms with Gasteiger partial charge in [0.1, 0.15) is 11.8 Å². The Morgan fingerprint density at radius 3 is 2.62 bits per heavy atom. The van der Waals surface area contributed by atoms with Gasteiger partial charge < -0.3 is 4.74 Å². The lowest BCUT2D eigenvalue weighted by molar-refractivity contribution is -0.380. The number of rotatable bonds is 2. The van der Waals surface area contributed by atoms with Gasteiger partial charge in [0.25, 0.3) is 5.19 Å². The van der Waals surface area contributed by atoms with E-state index >= 15 is 0 Å². The zero-order chi connectivity index (χ0) is 10.1. The maximum Gasteiger partial charge on any atom is 0.347 e. The highest BCUT2D eigenvalue weighted by Crippen LogP contribution is 2.29. The summed E-state index contributed by atoms with van der Waals surface area (Å²) in [6.07, 6.45) is 1.20. The Bertz CT molecular complexity index is 316. The Labute approximate surface area is 79.5 Å². The molecule has 0 unspecified atom stereocenters. The number of nitrogens with zero attached hydrogens (tertiary/aromatic N) is 2. The zero-order valence-electron chi connectivity index (χ0n) is 7.60. The Morgan fingerprint density at radius 1 is 1.62 bits per heavy atom. The predicted molar refractivity (Wildman–Crippen MR) is 49.1 cm³/mol. The standard InChI is InChI=1S/C7H10N2O3S/c1-7(2,3)12-6-8-4-5(13-6)9(10)11/h4H,1-3H3. The topological polar surface area (TPSA) is 65.3 Å². The fraction of sp³-hybridized carbons (Fsp3) is 0.571. The summed E-state index contributed by atoms with van der Waals surface area (Å²) >= 11 is 0.935. The first kappa shape index (κ1) is 9.91. The Hall–Kier alpha value is -1.17. The van der Waals surface area contributed by atoms with Gasteiger partial charge in [-0.2, -0.15) is 0 Å². The summed E-state index contributed by atoms with van der Waals surface area (Å²) in [6, 6.07) is 0. The molecule has 0 aliphatic rings. The highest BCUT2D eigenvalue weighted by molar-refractivity contribution is 7.16. The van der Waals surface area contributed by atoms with E-state index < -0.39 is 4.92 Å². The Morgan fingerprint density at radius 2 is 2.23 bits per heavy atom. The van der Waals surface area contributed by atoms with Crippen LogP contribution in [0.15, 0.2) is 6.20 Å². The van der Waals surface area contributed by atoms with Gasteiger partial charge in [-0.3, -0.25) is 10.1 Å². The van der Waals surface area contributed by atoms with Gasteiger partial charge >= 0.3 is 5.00 Å². The molecule has 1 aromatic rings. The van der Waals surface area contributed by atoms with Crippen LogP contribution in [-0.2, 0) is 0 Å². The molecule has 5 nitrogen and oxygen atoms in total. The van der Waals surface area contributed by atoms with E-state index in [4.69, 9.17) is 4.74 Å². The molecule has 1 rings (SSSR count). The molecule has 1 aromatic heterocycles. The molecule has 0 radical (unpaired) electrons. The number of hydrogen-bond donors (Lipinski definition) is 0. The summed E-state index contributed by atoms with van der Waals surface area (Å²) in [5, 5.41) is 10.6. The van der Waals surface area contributed by atoms with Crippen LogP contribution in [0.5, 0.6) is 5.19 Å². The van der Waals surface area contributed by atoms with Crippen molar-refractivity contribution in [3.63, 3.8) is 0 Å². The quantitative estimate of drug-likeness (QED) is 0.544. The van der Waals surface area contributed by atoms with Gasteiger partial charge in [0.15, 0.2) is 0 Å². The van der Waals surface area contributed by atoms with Crippen LogP contribution in [0.2, 0.25) is 0 Å². The fourth-order valence-corrected chi connectivity index (χ4v) is 1.40. The van der Waals surface area contributed by atoms with Gasteiger partial charge in [0.05, 0.1) is 4.92 Å². The minimum atomic E-state index is -0.479. The fourth-order valence-electron chi connectivity index (χ4n) is 0.644. The molecule has 0 atom stereocenters. The summed E-state index contributed by atoms with van der Waals surface area (Å²) in [7, 11) is 0. The highest BCUT2D eigenvalue weighted by Gasteiger charge is 2.18. The Balaban J connectivity index is 2.75. The molecule has 72 valence electrons. The van der Waals surface area contributed by atoms with Gasteiger partial charge in [0.2, 0.25) is 0 Å². The van der Waals surface area contributed by atoms with E-state index in [1.807, 2.05) is 20.8 Å².